The van der Waals surface area contributed by atoms with Crippen molar-refractivity contribution in [1.82, 2.24) is 15.2 Å². The van der Waals surface area contributed by atoms with Gasteiger partial charge in [0.25, 0.3) is 0 Å². The zero-order valence-corrected chi connectivity index (χ0v) is 15.1. The van der Waals surface area contributed by atoms with E-state index in [1.807, 2.05) is 6.07 Å². The Bertz CT molecular complexity index is 710. The molecule has 3 heterocycles. The number of pyridine rings is 1. The predicted octanol–water partition coefficient (Wildman–Crippen LogP) is 3.12. The SMILES string of the molecule is CCOC(=O)c1cc(-c2cnccc2CCCOC2CCCCO2)n[nH]1. The summed E-state index contributed by atoms with van der Waals surface area (Å²) in [6.07, 6.45) is 8.47. The summed E-state index contributed by atoms with van der Waals surface area (Å²) in [5.41, 5.74) is 3.06. The smallest absolute Gasteiger partial charge is 0.356 e. The fourth-order valence-electron chi connectivity index (χ4n) is 2.97. The van der Waals surface area contributed by atoms with E-state index in [-0.39, 0.29) is 6.29 Å². The van der Waals surface area contributed by atoms with Crippen LogP contribution in [0, 0.1) is 0 Å². The van der Waals surface area contributed by atoms with Crippen molar-refractivity contribution >= 4 is 5.97 Å². The molecule has 3 rings (SSSR count). The third-order valence-corrected chi connectivity index (χ3v) is 4.29. The van der Waals surface area contributed by atoms with Crippen molar-refractivity contribution in [3.05, 3.63) is 35.8 Å². The molecule has 2 aromatic rings. The molecule has 0 radical (unpaired) electrons. The molecule has 0 saturated carbocycles. The van der Waals surface area contributed by atoms with Crippen LogP contribution >= 0.6 is 0 Å². The molecule has 1 saturated heterocycles. The number of aromatic amines is 1. The van der Waals surface area contributed by atoms with Gasteiger partial charge in [0.05, 0.1) is 18.9 Å². The number of esters is 1. The Morgan fingerprint density at radius 2 is 2.35 bits per heavy atom. The van der Waals surface area contributed by atoms with Gasteiger partial charge in [0, 0.05) is 24.6 Å². The van der Waals surface area contributed by atoms with Crippen LogP contribution in [0.15, 0.2) is 24.5 Å². The minimum atomic E-state index is -0.405. The van der Waals surface area contributed by atoms with Crippen LogP contribution in [0.4, 0.5) is 0 Å². The third kappa shape index (κ3) is 4.89. The van der Waals surface area contributed by atoms with Gasteiger partial charge in [0.1, 0.15) is 5.69 Å². The van der Waals surface area contributed by atoms with E-state index in [1.54, 1.807) is 25.4 Å². The monoisotopic (exact) mass is 359 g/mol. The molecular weight excluding hydrogens is 334 g/mol. The van der Waals surface area contributed by atoms with E-state index in [9.17, 15) is 4.79 Å². The second-order valence-corrected chi connectivity index (χ2v) is 6.19. The number of nitrogens with one attached hydrogen (secondary N) is 1. The summed E-state index contributed by atoms with van der Waals surface area (Å²) in [5.74, 6) is -0.405. The first kappa shape index (κ1) is 18.5. The number of hydrogen-bond acceptors (Lipinski definition) is 6. The summed E-state index contributed by atoms with van der Waals surface area (Å²) < 4.78 is 16.4. The molecule has 0 spiro atoms. The summed E-state index contributed by atoms with van der Waals surface area (Å²) in [7, 11) is 0. The summed E-state index contributed by atoms with van der Waals surface area (Å²) in [6, 6.07) is 3.68. The zero-order valence-electron chi connectivity index (χ0n) is 15.1. The highest BCUT2D eigenvalue weighted by Gasteiger charge is 2.15. The Hall–Kier alpha value is -2.25. The van der Waals surface area contributed by atoms with Gasteiger partial charge in [-0.2, -0.15) is 5.10 Å². The average Bonchev–Trinajstić information content (AvgIpc) is 3.17. The lowest BCUT2D eigenvalue weighted by atomic mass is 10.0. The number of carbonyl (C=O) groups is 1. The largest absolute Gasteiger partial charge is 0.461 e. The lowest BCUT2D eigenvalue weighted by molar-refractivity contribution is -0.162. The molecule has 1 atom stereocenters. The molecule has 1 N–H and O–H groups in total. The number of nitrogens with zero attached hydrogens (tertiary/aromatic N) is 2. The van der Waals surface area contributed by atoms with E-state index in [2.05, 4.69) is 15.2 Å². The minimum Gasteiger partial charge on any atom is -0.461 e. The van der Waals surface area contributed by atoms with Crippen LogP contribution in [-0.4, -0.2) is 47.3 Å². The second kappa shape index (κ2) is 9.45. The number of rotatable bonds is 8. The number of aryl methyl sites for hydroxylation is 1. The van der Waals surface area contributed by atoms with Crippen molar-refractivity contribution in [3.8, 4) is 11.3 Å². The predicted molar refractivity (Wildman–Crippen MR) is 95.6 cm³/mol. The van der Waals surface area contributed by atoms with Gasteiger partial charge >= 0.3 is 5.97 Å². The number of aromatic nitrogens is 3. The highest BCUT2D eigenvalue weighted by atomic mass is 16.7. The summed E-state index contributed by atoms with van der Waals surface area (Å²) >= 11 is 0. The molecule has 2 aromatic heterocycles. The summed E-state index contributed by atoms with van der Waals surface area (Å²) in [5, 5.41) is 6.97. The van der Waals surface area contributed by atoms with Crippen LogP contribution in [0.3, 0.4) is 0 Å². The standard InChI is InChI=1S/C19H25N3O4/c1-2-24-19(23)17-12-16(21-22-17)15-13-20-9-8-14(15)6-5-11-26-18-7-3-4-10-25-18/h8-9,12-13,18H,2-7,10-11H2,1H3,(H,21,22). The maximum atomic E-state index is 11.8. The second-order valence-electron chi connectivity index (χ2n) is 6.19. The van der Waals surface area contributed by atoms with Crippen molar-refractivity contribution in [1.29, 1.82) is 0 Å². The first-order chi connectivity index (χ1) is 12.8. The van der Waals surface area contributed by atoms with Crippen molar-refractivity contribution in [3.63, 3.8) is 0 Å². The van der Waals surface area contributed by atoms with E-state index in [1.165, 1.54) is 6.42 Å². The maximum Gasteiger partial charge on any atom is 0.356 e. The van der Waals surface area contributed by atoms with E-state index in [0.717, 1.165) is 43.4 Å². The Kier molecular flexibility index (Phi) is 6.74. The topological polar surface area (TPSA) is 86.3 Å². The van der Waals surface area contributed by atoms with Crippen LogP contribution < -0.4 is 0 Å². The number of ether oxygens (including phenoxy) is 3. The fourth-order valence-corrected chi connectivity index (χ4v) is 2.97. The van der Waals surface area contributed by atoms with Crippen molar-refractivity contribution in [2.45, 2.75) is 45.3 Å². The molecule has 0 amide bonds. The van der Waals surface area contributed by atoms with Gasteiger partial charge in [-0.25, -0.2) is 4.79 Å². The van der Waals surface area contributed by atoms with Crippen molar-refractivity contribution < 1.29 is 19.0 Å². The molecule has 7 nitrogen and oxygen atoms in total. The molecule has 0 aliphatic carbocycles. The molecule has 1 unspecified atom stereocenters. The third-order valence-electron chi connectivity index (χ3n) is 4.29. The van der Waals surface area contributed by atoms with Crippen molar-refractivity contribution in [2.75, 3.05) is 19.8 Å². The Morgan fingerprint density at radius 1 is 1.42 bits per heavy atom. The highest BCUT2D eigenvalue weighted by molar-refractivity contribution is 5.88. The summed E-state index contributed by atoms with van der Waals surface area (Å²) in [6.45, 7) is 3.55. The van der Waals surface area contributed by atoms with Crippen LogP contribution in [-0.2, 0) is 20.6 Å². The molecule has 0 aromatic carbocycles. The number of carbonyl (C=O) groups excluding carboxylic acids is 1. The zero-order chi connectivity index (χ0) is 18.2. The van der Waals surface area contributed by atoms with E-state index in [4.69, 9.17) is 14.2 Å². The lowest BCUT2D eigenvalue weighted by Gasteiger charge is -2.22. The molecule has 0 bridgehead atoms. The van der Waals surface area contributed by atoms with Gasteiger partial charge in [-0.3, -0.25) is 10.1 Å². The van der Waals surface area contributed by atoms with Crippen molar-refractivity contribution in [2.24, 2.45) is 0 Å². The van der Waals surface area contributed by atoms with E-state index < -0.39 is 5.97 Å². The highest BCUT2D eigenvalue weighted by Crippen LogP contribution is 2.23. The van der Waals surface area contributed by atoms with Gasteiger partial charge < -0.3 is 14.2 Å². The quantitative estimate of drug-likeness (QED) is 0.576. The van der Waals surface area contributed by atoms with E-state index in [0.29, 0.717) is 24.6 Å². The van der Waals surface area contributed by atoms with Crippen LogP contribution in [0.2, 0.25) is 0 Å². The van der Waals surface area contributed by atoms with Crippen LogP contribution in [0.25, 0.3) is 11.3 Å². The summed E-state index contributed by atoms with van der Waals surface area (Å²) in [4.78, 5) is 16.0. The average molecular weight is 359 g/mol. The van der Waals surface area contributed by atoms with Gasteiger partial charge in [-0.1, -0.05) is 0 Å². The minimum absolute atomic E-state index is 0.0564. The lowest BCUT2D eigenvalue weighted by Crippen LogP contribution is -2.22. The maximum absolute atomic E-state index is 11.8. The fraction of sp³-hybridized carbons (Fsp3) is 0.526. The molecule has 1 aliphatic heterocycles. The first-order valence-corrected chi connectivity index (χ1v) is 9.17. The molecule has 26 heavy (non-hydrogen) atoms. The van der Waals surface area contributed by atoms with Gasteiger partial charge in [-0.05, 0) is 56.7 Å². The Balaban J connectivity index is 1.58. The molecule has 1 fully saturated rings. The Morgan fingerprint density at radius 3 is 3.15 bits per heavy atom. The Labute approximate surface area is 153 Å². The molecular formula is C19H25N3O4. The van der Waals surface area contributed by atoms with Gasteiger partial charge in [-0.15, -0.1) is 0 Å². The normalized spacial score (nSPS) is 17.2. The molecule has 1 aliphatic rings. The van der Waals surface area contributed by atoms with Gasteiger partial charge in [0.15, 0.2) is 6.29 Å². The van der Waals surface area contributed by atoms with Crippen LogP contribution in [0.1, 0.15) is 48.7 Å². The molecule has 140 valence electrons. The van der Waals surface area contributed by atoms with Crippen LogP contribution in [0.5, 0.6) is 0 Å². The molecule has 7 heteroatoms. The van der Waals surface area contributed by atoms with E-state index >= 15 is 0 Å². The van der Waals surface area contributed by atoms with Gasteiger partial charge in [0.2, 0.25) is 0 Å². The number of hydrogen-bond donors (Lipinski definition) is 1. The first-order valence-electron chi connectivity index (χ1n) is 9.17. The number of H-pyrrole nitrogens is 1.